The van der Waals surface area contributed by atoms with Crippen molar-refractivity contribution in [3.63, 3.8) is 0 Å². The van der Waals surface area contributed by atoms with Gasteiger partial charge < -0.3 is 19.4 Å². The summed E-state index contributed by atoms with van der Waals surface area (Å²) in [4.78, 5) is 26.7. The summed E-state index contributed by atoms with van der Waals surface area (Å²) < 4.78 is 14.3. The number of nitrogens with zero attached hydrogens (tertiary/aromatic N) is 1. The van der Waals surface area contributed by atoms with Crippen LogP contribution < -0.4 is 20.3 Å². The molecule has 0 bridgehead atoms. The maximum Gasteiger partial charge on any atom is 0.297 e. The van der Waals surface area contributed by atoms with E-state index in [1.54, 1.807) is 6.08 Å². The molecule has 42 heavy (non-hydrogen) atoms. The van der Waals surface area contributed by atoms with Crippen LogP contribution in [0.1, 0.15) is 103 Å². The van der Waals surface area contributed by atoms with Gasteiger partial charge in [-0.25, -0.2) is 0 Å². The van der Waals surface area contributed by atoms with Crippen LogP contribution in [-0.4, -0.2) is 23.7 Å². The highest BCUT2D eigenvalue weighted by atomic mass is 16.5. The fourth-order valence-corrected chi connectivity index (χ4v) is 4.96. The Morgan fingerprint density at radius 1 is 0.762 bits per heavy atom. The molecule has 1 heterocycles. The second-order valence-electron chi connectivity index (χ2n) is 11.0. The Hall–Kier alpha value is -3.54. The number of carbonyl (C=O) groups is 1. The summed E-state index contributed by atoms with van der Waals surface area (Å²) in [6.07, 6.45) is 16.3. The summed E-state index contributed by atoms with van der Waals surface area (Å²) in [5.74, 6) is 0.597. The molecule has 1 amide bonds. The average Bonchev–Trinajstić information content (AvgIpc) is 3.00. The Morgan fingerprint density at radius 3 is 2.14 bits per heavy atom. The fourth-order valence-electron chi connectivity index (χ4n) is 4.96. The number of amides is 1. The first-order chi connectivity index (χ1) is 20.6. The molecule has 0 aliphatic carbocycles. The number of anilines is 1. The van der Waals surface area contributed by atoms with Crippen LogP contribution in [0.25, 0.3) is 17.0 Å². The molecule has 1 N–H and O–H groups in total. The van der Waals surface area contributed by atoms with Crippen LogP contribution in [0.2, 0.25) is 0 Å². The van der Waals surface area contributed by atoms with Gasteiger partial charge in [-0.2, -0.15) is 0 Å². The number of fused-ring (bicyclic) bond motifs is 1. The number of aromatic nitrogens is 1. The number of hydrogen-bond acceptors (Lipinski definition) is 4. The molecule has 1 aromatic heterocycles. The molecule has 0 spiro atoms. The van der Waals surface area contributed by atoms with Gasteiger partial charge in [0.15, 0.2) is 5.75 Å². The minimum atomic E-state index is -0.228. The predicted octanol–water partition coefficient (Wildman–Crippen LogP) is 9.15. The van der Waals surface area contributed by atoms with E-state index >= 15 is 0 Å². The molecular weight excluding hydrogens is 524 g/mol. The van der Waals surface area contributed by atoms with Crippen LogP contribution in [0.15, 0.2) is 59.4 Å². The number of unbranched alkanes of at least 4 members (excludes halogenated alkanes) is 9. The number of benzene rings is 2. The first-order valence-corrected chi connectivity index (χ1v) is 16.1. The molecule has 228 valence electrons. The number of carbonyl (C=O) groups excluding carboxylic acids is 1. The summed E-state index contributed by atoms with van der Waals surface area (Å²) in [6.45, 7) is 8.11. The third-order valence-electron chi connectivity index (χ3n) is 7.40. The normalized spacial score (nSPS) is 11.3. The maximum atomic E-state index is 14.0. The minimum Gasteiger partial charge on any atom is -0.489 e. The van der Waals surface area contributed by atoms with E-state index in [1.807, 2.05) is 53.1 Å². The zero-order valence-electron chi connectivity index (χ0n) is 26.0. The predicted molar refractivity (Wildman–Crippen MR) is 176 cm³/mol. The van der Waals surface area contributed by atoms with Crippen molar-refractivity contribution in [2.75, 3.05) is 18.5 Å². The van der Waals surface area contributed by atoms with Crippen LogP contribution in [0.5, 0.6) is 11.5 Å². The van der Waals surface area contributed by atoms with Gasteiger partial charge in [-0.05, 0) is 49.1 Å². The SMILES string of the molecule is CCCCCCCCOc1c(OCCCC)c2ccc(NC(=O)/C=C/c3ccccc3)cc2n(CCCCCC)c1=O. The smallest absolute Gasteiger partial charge is 0.297 e. The minimum absolute atomic E-state index is 0.163. The molecular formula is C36H50N2O4. The molecule has 2 aromatic carbocycles. The lowest BCUT2D eigenvalue weighted by Gasteiger charge is -2.19. The number of nitrogens with one attached hydrogen (secondary N) is 1. The van der Waals surface area contributed by atoms with Crippen molar-refractivity contribution in [2.24, 2.45) is 0 Å². The summed E-state index contributed by atoms with van der Waals surface area (Å²) in [7, 11) is 0. The molecule has 0 atom stereocenters. The van der Waals surface area contributed by atoms with Gasteiger partial charge in [-0.1, -0.05) is 109 Å². The van der Waals surface area contributed by atoms with Gasteiger partial charge in [0.2, 0.25) is 11.7 Å². The van der Waals surface area contributed by atoms with E-state index in [9.17, 15) is 9.59 Å². The fraction of sp³-hybridized carbons (Fsp3) is 0.500. The number of pyridine rings is 1. The average molecular weight is 575 g/mol. The molecule has 6 nitrogen and oxygen atoms in total. The Balaban J connectivity index is 1.92. The van der Waals surface area contributed by atoms with E-state index in [0.29, 0.717) is 36.9 Å². The van der Waals surface area contributed by atoms with Gasteiger partial charge in [0.05, 0.1) is 18.7 Å². The maximum absolute atomic E-state index is 14.0. The quantitative estimate of drug-likeness (QED) is 0.108. The highest BCUT2D eigenvalue weighted by Gasteiger charge is 2.20. The zero-order valence-corrected chi connectivity index (χ0v) is 26.0. The van der Waals surface area contributed by atoms with E-state index in [0.717, 1.165) is 67.8 Å². The van der Waals surface area contributed by atoms with Crippen molar-refractivity contribution in [1.29, 1.82) is 0 Å². The molecule has 6 heteroatoms. The van der Waals surface area contributed by atoms with Crippen molar-refractivity contribution in [3.05, 3.63) is 70.5 Å². The van der Waals surface area contributed by atoms with E-state index < -0.39 is 0 Å². The van der Waals surface area contributed by atoms with Crippen LogP contribution in [-0.2, 0) is 11.3 Å². The Kier molecular flexibility index (Phi) is 14.8. The lowest BCUT2D eigenvalue weighted by atomic mass is 10.1. The van der Waals surface area contributed by atoms with Crippen molar-refractivity contribution in [1.82, 2.24) is 4.57 Å². The van der Waals surface area contributed by atoms with Crippen LogP contribution >= 0.6 is 0 Å². The Morgan fingerprint density at radius 2 is 1.40 bits per heavy atom. The summed E-state index contributed by atoms with van der Waals surface area (Å²) in [6, 6.07) is 15.4. The monoisotopic (exact) mass is 574 g/mol. The van der Waals surface area contributed by atoms with Crippen molar-refractivity contribution < 1.29 is 14.3 Å². The van der Waals surface area contributed by atoms with Crippen molar-refractivity contribution in [2.45, 2.75) is 104 Å². The standard InChI is InChI=1S/C36H50N2O4/c1-4-7-10-12-13-18-27-42-35-34(41-26-9-6-3)31-23-22-30(37-33(39)24-21-29-19-15-14-16-20-29)28-32(31)38(36(35)40)25-17-11-8-5-2/h14-16,19-24,28H,4-13,17-18,25-27H2,1-3H3,(H,37,39)/b24-21+. The van der Waals surface area contributed by atoms with Gasteiger partial charge in [-0.3, -0.25) is 9.59 Å². The topological polar surface area (TPSA) is 69.6 Å². The first kappa shape index (κ1) is 33.0. The van der Waals surface area contributed by atoms with Gasteiger partial charge in [0.25, 0.3) is 5.56 Å². The Bertz CT molecular complexity index is 1310. The van der Waals surface area contributed by atoms with Crippen molar-refractivity contribution >= 4 is 28.6 Å². The molecule has 3 aromatic rings. The van der Waals surface area contributed by atoms with Gasteiger partial charge in [-0.15, -0.1) is 0 Å². The number of rotatable bonds is 20. The lowest BCUT2D eigenvalue weighted by Crippen LogP contribution is -2.24. The zero-order chi connectivity index (χ0) is 30.0. The molecule has 0 aliphatic heterocycles. The number of aryl methyl sites for hydroxylation is 1. The highest BCUT2D eigenvalue weighted by molar-refractivity contribution is 6.03. The Labute approximate surface area is 252 Å². The second-order valence-corrected chi connectivity index (χ2v) is 11.0. The summed E-state index contributed by atoms with van der Waals surface area (Å²) in [5, 5.41) is 3.79. The van der Waals surface area contributed by atoms with Crippen LogP contribution in [0.3, 0.4) is 0 Å². The van der Waals surface area contributed by atoms with Gasteiger partial charge in [0, 0.05) is 23.7 Å². The molecule has 0 radical (unpaired) electrons. The molecule has 0 aliphatic rings. The molecule has 0 saturated carbocycles. The molecule has 0 unspecified atom stereocenters. The van der Waals surface area contributed by atoms with Crippen LogP contribution in [0, 0.1) is 0 Å². The molecule has 0 saturated heterocycles. The third-order valence-corrected chi connectivity index (χ3v) is 7.40. The number of hydrogen-bond donors (Lipinski definition) is 1. The second kappa shape index (κ2) is 18.8. The van der Waals surface area contributed by atoms with E-state index in [4.69, 9.17) is 9.47 Å². The summed E-state index contributed by atoms with van der Waals surface area (Å²) >= 11 is 0. The van der Waals surface area contributed by atoms with E-state index in [-0.39, 0.29) is 11.5 Å². The molecule has 0 fully saturated rings. The lowest BCUT2D eigenvalue weighted by molar-refractivity contribution is -0.111. The first-order valence-electron chi connectivity index (χ1n) is 16.1. The number of ether oxygens (including phenoxy) is 2. The molecule has 3 rings (SSSR count). The van der Waals surface area contributed by atoms with Gasteiger partial charge >= 0.3 is 0 Å². The third kappa shape index (κ3) is 10.4. The van der Waals surface area contributed by atoms with Crippen LogP contribution in [0.4, 0.5) is 5.69 Å². The van der Waals surface area contributed by atoms with E-state index in [1.165, 1.54) is 31.8 Å². The largest absolute Gasteiger partial charge is 0.489 e. The van der Waals surface area contributed by atoms with Gasteiger partial charge in [0.1, 0.15) is 0 Å². The highest BCUT2D eigenvalue weighted by Crippen LogP contribution is 2.35. The van der Waals surface area contributed by atoms with Crippen molar-refractivity contribution in [3.8, 4) is 11.5 Å². The summed E-state index contributed by atoms with van der Waals surface area (Å²) in [5.41, 5.74) is 2.17. The van der Waals surface area contributed by atoms with E-state index in [2.05, 4.69) is 26.1 Å².